The number of carbonyl (C=O) groups excluding carboxylic acids is 2. The van der Waals surface area contributed by atoms with E-state index in [4.69, 9.17) is 22.1 Å². The van der Waals surface area contributed by atoms with Crippen molar-refractivity contribution in [2.24, 2.45) is 5.73 Å². The Hall–Kier alpha value is -2.71. The third-order valence-corrected chi connectivity index (χ3v) is 5.53. The van der Waals surface area contributed by atoms with Gasteiger partial charge in [-0.05, 0) is 30.3 Å². The average molecular weight is 452 g/mol. The predicted octanol–water partition coefficient (Wildman–Crippen LogP) is 3.19. The number of hydrogen-bond acceptors (Lipinski definition) is 4. The molecular formula is C22H24ClF2N3O3. The number of hydrogen-bond donors (Lipinski definition) is 2. The van der Waals surface area contributed by atoms with Crippen LogP contribution in [-0.2, 0) is 0 Å². The number of halogens is 3. The fourth-order valence-corrected chi connectivity index (χ4v) is 3.62. The topological polar surface area (TPSA) is 84.7 Å². The smallest absolute Gasteiger partial charge is 0.253 e. The molecule has 1 aliphatic heterocycles. The zero-order valence-electron chi connectivity index (χ0n) is 16.9. The molecule has 1 aliphatic rings. The number of nitrogens with two attached hydrogens (primary N) is 1. The van der Waals surface area contributed by atoms with E-state index in [9.17, 15) is 14.0 Å². The second-order valence-electron chi connectivity index (χ2n) is 7.46. The van der Waals surface area contributed by atoms with Crippen LogP contribution >= 0.6 is 11.6 Å². The lowest BCUT2D eigenvalue weighted by atomic mass is 9.93. The van der Waals surface area contributed by atoms with Gasteiger partial charge in [-0.2, -0.15) is 0 Å². The first-order chi connectivity index (χ1) is 14.8. The molecule has 0 atom stereocenters. The number of nitrogens with one attached hydrogen (secondary N) is 1. The van der Waals surface area contributed by atoms with Gasteiger partial charge in [0.2, 0.25) is 0 Å². The zero-order valence-corrected chi connectivity index (χ0v) is 17.6. The van der Waals surface area contributed by atoms with Crippen LogP contribution in [-0.4, -0.2) is 55.2 Å². The molecule has 0 radical (unpaired) electrons. The van der Waals surface area contributed by atoms with Gasteiger partial charge in [-0.3, -0.25) is 9.59 Å². The number of piperidine rings is 1. The summed E-state index contributed by atoms with van der Waals surface area (Å²) in [5, 5.41) is 2.91. The van der Waals surface area contributed by atoms with Crippen LogP contribution in [0.25, 0.3) is 0 Å². The average Bonchev–Trinajstić information content (AvgIpc) is 2.75. The number of nitrogens with zero attached hydrogens (tertiary/aromatic N) is 1. The molecule has 0 aliphatic carbocycles. The highest BCUT2D eigenvalue weighted by Crippen LogP contribution is 2.27. The molecule has 0 aromatic heterocycles. The molecule has 2 amide bonds. The molecule has 0 saturated carbocycles. The Labute approximate surface area is 184 Å². The molecule has 3 rings (SSSR count). The Kier molecular flexibility index (Phi) is 7.46. The van der Waals surface area contributed by atoms with Crippen molar-refractivity contribution in [2.75, 3.05) is 32.8 Å². The highest BCUT2D eigenvalue weighted by Gasteiger charge is 2.35. The van der Waals surface area contributed by atoms with Gasteiger partial charge in [0.25, 0.3) is 11.8 Å². The lowest BCUT2D eigenvalue weighted by Gasteiger charge is -2.36. The zero-order chi connectivity index (χ0) is 22.4. The summed E-state index contributed by atoms with van der Waals surface area (Å²) in [6.45, 7) is 1.27. The molecule has 1 saturated heterocycles. The second kappa shape index (κ2) is 10.1. The van der Waals surface area contributed by atoms with Gasteiger partial charge in [0.05, 0.1) is 10.6 Å². The number of amides is 2. The van der Waals surface area contributed by atoms with Crippen molar-refractivity contribution >= 4 is 23.4 Å². The molecular weight excluding hydrogens is 428 g/mol. The fraction of sp³-hybridized carbons (Fsp3) is 0.364. The van der Waals surface area contributed by atoms with E-state index in [1.165, 1.54) is 12.1 Å². The lowest BCUT2D eigenvalue weighted by Crippen LogP contribution is -2.49. The molecule has 9 heteroatoms. The van der Waals surface area contributed by atoms with E-state index in [-0.39, 0.29) is 55.6 Å². The number of likely N-dealkylation sites (tertiary alicyclic amines) is 1. The molecule has 1 heterocycles. The van der Waals surface area contributed by atoms with Gasteiger partial charge in [0, 0.05) is 44.6 Å². The molecule has 0 bridgehead atoms. The summed E-state index contributed by atoms with van der Waals surface area (Å²) < 4.78 is 33.9. The van der Waals surface area contributed by atoms with E-state index in [2.05, 4.69) is 5.32 Å². The van der Waals surface area contributed by atoms with E-state index in [1.54, 1.807) is 29.2 Å². The van der Waals surface area contributed by atoms with Crippen LogP contribution in [0.1, 0.15) is 33.6 Å². The normalized spacial score (nSPS) is 15.5. The third kappa shape index (κ3) is 5.92. The van der Waals surface area contributed by atoms with E-state index >= 15 is 4.39 Å². The van der Waals surface area contributed by atoms with Gasteiger partial charge in [-0.15, -0.1) is 0 Å². The Balaban J connectivity index is 1.42. The van der Waals surface area contributed by atoms with Gasteiger partial charge < -0.3 is 20.7 Å². The van der Waals surface area contributed by atoms with E-state index in [0.717, 1.165) is 6.07 Å². The predicted molar refractivity (Wildman–Crippen MR) is 114 cm³/mol. The van der Waals surface area contributed by atoms with Crippen molar-refractivity contribution in [2.45, 2.75) is 18.5 Å². The third-order valence-electron chi connectivity index (χ3n) is 5.24. The van der Waals surface area contributed by atoms with Gasteiger partial charge in [-0.25, -0.2) is 8.78 Å². The maximum Gasteiger partial charge on any atom is 0.253 e. The number of primary amides is 1. The highest BCUT2D eigenvalue weighted by molar-refractivity contribution is 6.31. The van der Waals surface area contributed by atoms with Crippen molar-refractivity contribution < 1.29 is 23.1 Å². The quantitative estimate of drug-likeness (QED) is 0.604. The SMILES string of the molecule is NC(=O)c1ccccc1OCCNCC1(F)CCN(C(=O)c2ccc(F)c(Cl)c2)CC1. The number of ether oxygens (including phenoxy) is 1. The Morgan fingerprint density at radius 3 is 2.58 bits per heavy atom. The van der Waals surface area contributed by atoms with Crippen molar-refractivity contribution in [1.29, 1.82) is 0 Å². The monoisotopic (exact) mass is 451 g/mol. The molecule has 0 unspecified atom stereocenters. The lowest BCUT2D eigenvalue weighted by molar-refractivity contribution is 0.0433. The van der Waals surface area contributed by atoms with Crippen LogP contribution in [0.5, 0.6) is 5.75 Å². The minimum absolute atomic E-state index is 0.118. The first-order valence-electron chi connectivity index (χ1n) is 9.95. The second-order valence-corrected chi connectivity index (χ2v) is 7.86. The van der Waals surface area contributed by atoms with Crippen molar-refractivity contribution in [3.8, 4) is 5.75 Å². The number of rotatable bonds is 8. The van der Waals surface area contributed by atoms with Crippen LogP contribution in [0.4, 0.5) is 8.78 Å². The van der Waals surface area contributed by atoms with Crippen LogP contribution in [0.2, 0.25) is 5.02 Å². The summed E-state index contributed by atoms with van der Waals surface area (Å²) in [6.07, 6.45) is 0.373. The van der Waals surface area contributed by atoms with E-state index in [1.807, 2.05) is 0 Å². The van der Waals surface area contributed by atoms with E-state index < -0.39 is 17.4 Å². The van der Waals surface area contributed by atoms with Crippen molar-refractivity contribution in [1.82, 2.24) is 10.2 Å². The summed E-state index contributed by atoms with van der Waals surface area (Å²) in [7, 11) is 0. The molecule has 0 spiro atoms. The number of carbonyl (C=O) groups is 2. The first-order valence-corrected chi connectivity index (χ1v) is 10.3. The fourth-order valence-electron chi connectivity index (χ4n) is 3.44. The molecule has 3 N–H and O–H groups in total. The van der Waals surface area contributed by atoms with Gasteiger partial charge in [0.1, 0.15) is 23.8 Å². The van der Waals surface area contributed by atoms with Crippen molar-refractivity contribution in [3.63, 3.8) is 0 Å². The molecule has 2 aromatic rings. The standard InChI is InChI=1S/C22H24ClF2N3O3/c23-17-13-15(5-6-18(17)24)21(30)28-10-7-22(25,8-11-28)14-27-9-12-31-19-4-2-1-3-16(19)20(26)29/h1-6,13,27H,7-12,14H2,(H2,26,29). The van der Waals surface area contributed by atoms with Gasteiger partial charge in [-0.1, -0.05) is 23.7 Å². The molecule has 166 valence electrons. The summed E-state index contributed by atoms with van der Waals surface area (Å²) in [4.78, 5) is 25.5. The molecule has 31 heavy (non-hydrogen) atoms. The largest absolute Gasteiger partial charge is 0.491 e. The van der Waals surface area contributed by atoms with Gasteiger partial charge in [0.15, 0.2) is 0 Å². The molecule has 1 fully saturated rings. The number of benzene rings is 2. The summed E-state index contributed by atoms with van der Waals surface area (Å²) >= 11 is 5.74. The van der Waals surface area contributed by atoms with Crippen LogP contribution in [0.15, 0.2) is 42.5 Å². The number of para-hydroxylation sites is 1. The van der Waals surface area contributed by atoms with Crippen LogP contribution in [0, 0.1) is 5.82 Å². The van der Waals surface area contributed by atoms with Crippen LogP contribution in [0.3, 0.4) is 0 Å². The Bertz CT molecular complexity index is 949. The minimum Gasteiger partial charge on any atom is -0.491 e. The maximum absolute atomic E-state index is 15.1. The van der Waals surface area contributed by atoms with Gasteiger partial charge >= 0.3 is 0 Å². The minimum atomic E-state index is -1.44. The maximum atomic E-state index is 15.1. The summed E-state index contributed by atoms with van der Waals surface area (Å²) in [6, 6.07) is 10.5. The first kappa shape index (κ1) is 23.0. The molecule has 2 aromatic carbocycles. The Morgan fingerprint density at radius 2 is 1.90 bits per heavy atom. The van der Waals surface area contributed by atoms with Crippen LogP contribution < -0.4 is 15.8 Å². The van der Waals surface area contributed by atoms with E-state index in [0.29, 0.717) is 17.9 Å². The highest BCUT2D eigenvalue weighted by atomic mass is 35.5. The summed E-state index contributed by atoms with van der Waals surface area (Å²) in [5.74, 6) is -1.07. The molecule has 6 nitrogen and oxygen atoms in total. The Morgan fingerprint density at radius 1 is 1.19 bits per heavy atom. The van der Waals surface area contributed by atoms with Crippen molar-refractivity contribution in [3.05, 3.63) is 64.4 Å². The summed E-state index contributed by atoms with van der Waals surface area (Å²) in [5.41, 5.74) is 4.44. The number of alkyl halides is 1.